The number of fused-ring (bicyclic) bond motifs is 1. The van der Waals surface area contributed by atoms with E-state index in [1.165, 1.54) is 12.4 Å². The molecule has 2 aromatic rings. The van der Waals surface area contributed by atoms with Crippen LogP contribution in [0.5, 0.6) is 5.75 Å². The summed E-state index contributed by atoms with van der Waals surface area (Å²) in [5.74, 6) is -0.561. The molecule has 0 aliphatic rings. The third kappa shape index (κ3) is 2.32. The molecule has 1 aromatic heterocycles. The lowest BCUT2D eigenvalue weighted by molar-refractivity contribution is -0.0507. The number of halogens is 3. The summed E-state index contributed by atoms with van der Waals surface area (Å²) in [4.78, 5) is 5.80. The van der Waals surface area contributed by atoms with Crippen LogP contribution in [0.3, 0.4) is 0 Å². The van der Waals surface area contributed by atoms with Gasteiger partial charge in [-0.15, -0.1) is 0 Å². The standard InChI is InChI=1S/C8H5ClF2N2O3S/c9-17(14,15)5-2-1-4-6(13-3-12-4)7(5)16-8(10)11/h1-3,8H,(H,12,13). The lowest BCUT2D eigenvalue weighted by atomic mass is 10.3. The number of aromatic nitrogens is 2. The molecule has 0 fully saturated rings. The molecule has 0 aliphatic carbocycles. The van der Waals surface area contributed by atoms with Gasteiger partial charge >= 0.3 is 6.61 Å². The number of alkyl halides is 2. The van der Waals surface area contributed by atoms with Gasteiger partial charge in [0.2, 0.25) is 0 Å². The van der Waals surface area contributed by atoms with Crippen LogP contribution in [0.15, 0.2) is 23.4 Å². The van der Waals surface area contributed by atoms with Gasteiger partial charge in [0.05, 0.1) is 11.8 Å². The maximum atomic E-state index is 12.2. The molecule has 0 aliphatic heterocycles. The largest absolute Gasteiger partial charge is 0.431 e. The fourth-order valence-corrected chi connectivity index (χ4v) is 2.32. The van der Waals surface area contributed by atoms with Crippen LogP contribution in [-0.4, -0.2) is 25.0 Å². The molecule has 1 N–H and O–H groups in total. The van der Waals surface area contributed by atoms with Gasteiger partial charge in [0, 0.05) is 10.7 Å². The van der Waals surface area contributed by atoms with Crippen molar-refractivity contribution < 1.29 is 21.9 Å². The Hall–Kier alpha value is -1.41. The molecular formula is C8H5ClF2N2O3S. The number of rotatable bonds is 3. The molecule has 17 heavy (non-hydrogen) atoms. The zero-order valence-corrected chi connectivity index (χ0v) is 9.60. The summed E-state index contributed by atoms with van der Waals surface area (Å²) in [5.41, 5.74) is 0.344. The quantitative estimate of drug-likeness (QED) is 0.875. The Kier molecular flexibility index (Phi) is 2.92. The highest BCUT2D eigenvalue weighted by atomic mass is 35.7. The first kappa shape index (κ1) is 12.1. The third-order valence-corrected chi connectivity index (χ3v) is 3.32. The predicted molar refractivity (Wildman–Crippen MR) is 55.8 cm³/mol. The molecule has 5 nitrogen and oxygen atoms in total. The molecule has 2 rings (SSSR count). The lowest BCUT2D eigenvalue weighted by Crippen LogP contribution is -2.06. The summed E-state index contributed by atoms with van der Waals surface area (Å²) < 4.78 is 51.0. The molecular weight excluding hydrogens is 278 g/mol. The van der Waals surface area contributed by atoms with E-state index in [2.05, 4.69) is 14.7 Å². The van der Waals surface area contributed by atoms with Crippen molar-refractivity contribution in [2.75, 3.05) is 0 Å². The molecule has 1 heterocycles. The summed E-state index contributed by atoms with van der Waals surface area (Å²) in [5, 5.41) is 0. The first-order valence-electron chi connectivity index (χ1n) is 4.25. The summed E-state index contributed by atoms with van der Waals surface area (Å²) in [6.45, 7) is -3.17. The first-order chi connectivity index (χ1) is 7.89. The Balaban J connectivity index is 2.75. The van der Waals surface area contributed by atoms with Gasteiger partial charge in [-0.1, -0.05) is 0 Å². The normalized spacial score (nSPS) is 12.2. The number of H-pyrrole nitrogens is 1. The Morgan fingerprint density at radius 2 is 2.12 bits per heavy atom. The number of aromatic amines is 1. The minimum atomic E-state index is -4.19. The number of benzene rings is 1. The van der Waals surface area contributed by atoms with E-state index in [4.69, 9.17) is 10.7 Å². The van der Waals surface area contributed by atoms with Crippen LogP contribution < -0.4 is 4.74 Å². The Bertz CT molecular complexity index is 656. The van der Waals surface area contributed by atoms with E-state index in [0.717, 1.165) is 6.07 Å². The molecule has 0 unspecified atom stereocenters. The van der Waals surface area contributed by atoms with Crippen LogP contribution in [0, 0.1) is 0 Å². The topological polar surface area (TPSA) is 72.0 Å². The highest BCUT2D eigenvalue weighted by Gasteiger charge is 2.23. The van der Waals surface area contributed by atoms with Crippen LogP contribution in [0.4, 0.5) is 8.78 Å². The molecule has 0 saturated heterocycles. The van der Waals surface area contributed by atoms with E-state index in [-0.39, 0.29) is 5.52 Å². The fraction of sp³-hybridized carbons (Fsp3) is 0.125. The van der Waals surface area contributed by atoms with Gasteiger partial charge in [0.15, 0.2) is 5.75 Å². The van der Waals surface area contributed by atoms with Gasteiger partial charge in [0.1, 0.15) is 10.4 Å². The van der Waals surface area contributed by atoms with Crippen molar-refractivity contribution in [1.29, 1.82) is 0 Å². The zero-order chi connectivity index (χ0) is 12.6. The van der Waals surface area contributed by atoms with Crippen molar-refractivity contribution >= 4 is 30.8 Å². The summed E-state index contributed by atoms with van der Waals surface area (Å²) in [6, 6.07) is 2.43. The van der Waals surface area contributed by atoms with Gasteiger partial charge in [0.25, 0.3) is 9.05 Å². The van der Waals surface area contributed by atoms with E-state index >= 15 is 0 Å². The number of ether oxygens (including phenoxy) is 1. The number of imidazole rings is 1. The van der Waals surface area contributed by atoms with Crippen LogP contribution in [0.1, 0.15) is 0 Å². The number of hydrogen-bond donors (Lipinski definition) is 1. The van der Waals surface area contributed by atoms with Crippen molar-refractivity contribution in [3.05, 3.63) is 18.5 Å². The maximum absolute atomic E-state index is 12.2. The predicted octanol–water partition coefficient (Wildman–Crippen LogP) is 2.09. The maximum Gasteiger partial charge on any atom is 0.387 e. The van der Waals surface area contributed by atoms with Crippen LogP contribution in [-0.2, 0) is 9.05 Å². The third-order valence-electron chi connectivity index (χ3n) is 1.98. The van der Waals surface area contributed by atoms with E-state index in [1.807, 2.05) is 0 Å². The average Bonchev–Trinajstić information content (AvgIpc) is 2.63. The van der Waals surface area contributed by atoms with Gasteiger partial charge in [-0.2, -0.15) is 8.78 Å². The Morgan fingerprint density at radius 1 is 1.41 bits per heavy atom. The zero-order valence-electron chi connectivity index (χ0n) is 8.02. The highest BCUT2D eigenvalue weighted by molar-refractivity contribution is 8.13. The van der Waals surface area contributed by atoms with Gasteiger partial charge in [-0.3, -0.25) is 0 Å². The second kappa shape index (κ2) is 4.11. The number of nitrogens with one attached hydrogen (secondary N) is 1. The summed E-state index contributed by atoms with van der Waals surface area (Å²) in [6.07, 6.45) is 1.23. The van der Waals surface area contributed by atoms with E-state index < -0.39 is 26.3 Å². The minimum Gasteiger partial charge on any atom is -0.431 e. The van der Waals surface area contributed by atoms with Gasteiger partial charge in [-0.25, -0.2) is 13.4 Å². The summed E-state index contributed by atoms with van der Waals surface area (Å²) in [7, 11) is 0.935. The van der Waals surface area contributed by atoms with Crippen LogP contribution >= 0.6 is 10.7 Å². The number of nitrogens with zero attached hydrogens (tertiary/aromatic N) is 1. The molecule has 0 saturated carbocycles. The van der Waals surface area contributed by atoms with E-state index in [1.54, 1.807) is 0 Å². The number of hydrogen-bond acceptors (Lipinski definition) is 4. The van der Waals surface area contributed by atoms with Crippen molar-refractivity contribution in [3.63, 3.8) is 0 Å². The van der Waals surface area contributed by atoms with Crippen molar-refractivity contribution in [1.82, 2.24) is 9.97 Å². The van der Waals surface area contributed by atoms with E-state index in [0.29, 0.717) is 5.52 Å². The molecule has 1 aromatic carbocycles. The highest BCUT2D eigenvalue weighted by Crippen LogP contribution is 2.34. The Labute approximate surface area is 98.8 Å². The molecule has 0 radical (unpaired) electrons. The molecule has 0 atom stereocenters. The molecule has 0 amide bonds. The molecule has 0 spiro atoms. The van der Waals surface area contributed by atoms with Crippen LogP contribution in [0.2, 0.25) is 0 Å². The lowest BCUT2D eigenvalue weighted by Gasteiger charge is -2.08. The monoisotopic (exact) mass is 282 g/mol. The van der Waals surface area contributed by atoms with Gasteiger partial charge in [-0.05, 0) is 12.1 Å². The van der Waals surface area contributed by atoms with Crippen molar-refractivity contribution in [3.8, 4) is 5.75 Å². The summed E-state index contributed by atoms with van der Waals surface area (Å²) >= 11 is 0. The fourth-order valence-electron chi connectivity index (χ4n) is 1.36. The molecule has 0 bridgehead atoms. The average molecular weight is 283 g/mol. The van der Waals surface area contributed by atoms with Crippen molar-refractivity contribution in [2.45, 2.75) is 11.5 Å². The van der Waals surface area contributed by atoms with E-state index in [9.17, 15) is 17.2 Å². The van der Waals surface area contributed by atoms with Crippen molar-refractivity contribution in [2.24, 2.45) is 0 Å². The molecule has 9 heteroatoms. The Morgan fingerprint density at radius 3 is 2.71 bits per heavy atom. The van der Waals surface area contributed by atoms with Gasteiger partial charge < -0.3 is 9.72 Å². The molecule has 92 valence electrons. The smallest absolute Gasteiger partial charge is 0.387 e. The second-order valence-electron chi connectivity index (χ2n) is 3.01. The first-order valence-corrected chi connectivity index (χ1v) is 6.56. The SMILES string of the molecule is O=S(=O)(Cl)c1ccc2[nH]cnc2c1OC(F)F. The second-order valence-corrected chi connectivity index (χ2v) is 5.54. The van der Waals surface area contributed by atoms with Crippen LogP contribution in [0.25, 0.3) is 11.0 Å². The minimum absolute atomic E-state index is 0.0213.